The fourth-order valence-corrected chi connectivity index (χ4v) is 1.71. The molecule has 13 heavy (non-hydrogen) atoms. The first-order valence-corrected chi connectivity index (χ1v) is 4.53. The first-order chi connectivity index (χ1) is 6.11. The van der Waals surface area contributed by atoms with Gasteiger partial charge in [0, 0.05) is 13.2 Å². The van der Waals surface area contributed by atoms with Gasteiger partial charge in [0.15, 0.2) is 0 Å². The molecule has 1 aliphatic rings. The van der Waals surface area contributed by atoms with Crippen molar-refractivity contribution >= 4 is 5.97 Å². The van der Waals surface area contributed by atoms with E-state index >= 15 is 0 Å². The van der Waals surface area contributed by atoms with Crippen molar-refractivity contribution in [1.82, 2.24) is 0 Å². The standard InChI is InChI=1S/C9H16O4/c1-9(6-10,8(11)12)7-2-4-13-5-3-7/h7,10H,2-6H2,1H3,(H,11,12). The summed E-state index contributed by atoms with van der Waals surface area (Å²) in [5, 5.41) is 18.1. The second kappa shape index (κ2) is 4.07. The van der Waals surface area contributed by atoms with E-state index in [1.165, 1.54) is 0 Å². The van der Waals surface area contributed by atoms with Gasteiger partial charge in [-0.25, -0.2) is 0 Å². The molecule has 0 aromatic carbocycles. The topological polar surface area (TPSA) is 66.8 Å². The zero-order valence-corrected chi connectivity index (χ0v) is 7.82. The van der Waals surface area contributed by atoms with Gasteiger partial charge < -0.3 is 14.9 Å². The summed E-state index contributed by atoms with van der Waals surface area (Å²) in [6.45, 7) is 2.51. The van der Waals surface area contributed by atoms with Crippen molar-refractivity contribution in [2.75, 3.05) is 19.8 Å². The van der Waals surface area contributed by atoms with Gasteiger partial charge in [0.05, 0.1) is 12.0 Å². The van der Waals surface area contributed by atoms with Crippen molar-refractivity contribution in [3.63, 3.8) is 0 Å². The number of carboxylic acids is 1. The smallest absolute Gasteiger partial charge is 0.311 e. The lowest BCUT2D eigenvalue weighted by molar-refractivity contribution is -0.157. The maximum atomic E-state index is 11.0. The summed E-state index contributed by atoms with van der Waals surface area (Å²) in [5.41, 5.74) is -0.996. The Kier molecular flexibility index (Phi) is 3.27. The first kappa shape index (κ1) is 10.5. The molecule has 2 N–H and O–H groups in total. The van der Waals surface area contributed by atoms with Gasteiger partial charge in [-0.3, -0.25) is 4.79 Å². The maximum Gasteiger partial charge on any atom is 0.311 e. The normalized spacial score (nSPS) is 23.8. The molecule has 0 saturated carbocycles. The van der Waals surface area contributed by atoms with Crippen molar-refractivity contribution < 1.29 is 19.7 Å². The van der Waals surface area contributed by atoms with Crippen molar-refractivity contribution in [3.8, 4) is 0 Å². The number of hydrogen-bond acceptors (Lipinski definition) is 3. The molecule has 4 heteroatoms. The fraction of sp³-hybridized carbons (Fsp3) is 0.889. The Bertz CT molecular complexity index is 186. The molecule has 0 spiro atoms. The van der Waals surface area contributed by atoms with E-state index in [1.807, 2.05) is 0 Å². The number of aliphatic hydroxyl groups excluding tert-OH is 1. The van der Waals surface area contributed by atoms with Gasteiger partial charge >= 0.3 is 5.97 Å². The highest BCUT2D eigenvalue weighted by Gasteiger charge is 2.41. The lowest BCUT2D eigenvalue weighted by atomic mass is 9.74. The van der Waals surface area contributed by atoms with Crippen LogP contribution in [0.25, 0.3) is 0 Å². The summed E-state index contributed by atoms with van der Waals surface area (Å²) < 4.78 is 5.14. The number of ether oxygens (including phenoxy) is 1. The lowest BCUT2D eigenvalue weighted by Gasteiger charge is -2.34. The van der Waals surface area contributed by atoms with Crippen molar-refractivity contribution in [2.45, 2.75) is 19.8 Å². The van der Waals surface area contributed by atoms with Gasteiger partial charge in [-0.15, -0.1) is 0 Å². The summed E-state index contributed by atoms with van der Waals surface area (Å²) >= 11 is 0. The number of rotatable bonds is 3. The van der Waals surface area contributed by atoms with E-state index < -0.39 is 11.4 Å². The minimum Gasteiger partial charge on any atom is -0.481 e. The Morgan fingerprint density at radius 3 is 2.46 bits per heavy atom. The molecule has 0 bridgehead atoms. The van der Waals surface area contributed by atoms with Crippen LogP contribution in [0.4, 0.5) is 0 Å². The van der Waals surface area contributed by atoms with Crippen LogP contribution in [0.2, 0.25) is 0 Å². The van der Waals surface area contributed by atoms with Gasteiger partial charge in [-0.2, -0.15) is 0 Å². The maximum absolute atomic E-state index is 11.0. The second-order valence-corrected chi connectivity index (χ2v) is 3.77. The molecule has 0 radical (unpaired) electrons. The van der Waals surface area contributed by atoms with E-state index in [9.17, 15) is 4.79 Å². The Morgan fingerprint density at radius 2 is 2.08 bits per heavy atom. The lowest BCUT2D eigenvalue weighted by Crippen LogP contribution is -2.41. The van der Waals surface area contributed by atoms with E-state index in [-0.39, 0.29) is 12.5 Å². The predicted molar refractivity (Wildman–Crippen MR) is 46.4 cm³/mol. The Morgan fingerprint density at radius 1 is 1.54 bits per heavy atom. The summed E-state index contributed by atoms with van der Waals surface area (Å²) in [7, 11) is 0. The molecule has 1 fully saturated rings. The molecule has 0 aliphatic carbocycles. The molecular weight excluding hydrogens is 172 g/mol. The van der Waals surface area contributed by atoms with E-state index in [1.54, 1.807) is 6.92 Å². The van der Waals surface area contributed by atoms with Crippen LogP contribution in [0.15, 0.2) is 0 Å². The minimum atomic E-state index is -0.996. The second-order valence-electron chi connectivity index (χ2n) is 3.77. The molecule has 0 aromatic heterocycles. The summed E-state index contributed by atoms with van der Waals surface area (Å²) in [6, 6.07) is 0. The summed E-state index contributed by atoms with van der Waals surface area (Å²) in [4.78, 5) is 11.0. The van der Waals surface area contributed by atoms with Crippen LogP contribution in [0.3, 0.4) is 0 Å². The van der Waals surface area contributed by atoms with Gasteiger partial charge in [-0.1, -0.05) is 0 Å². The quantitative estimate of drug-likeness (QED) is 0.676. The fourth-order valence-electron chi connectivity index (χ4n) is 1.71. The van der Waals surface area contributed by atoms with Gasteiger partial charge in [0.25, 0.3) is 0 Å². The van der Waals surface area contributed by atoms with Crippen LogP contribution in [-0.2, 0) is 9.53 Å². The summed E-state index contributed by atoms with van der Waals surface area (Å²) in [5.74, 6) is -0.884. The number of carbonyl (C=O) groups is 1. The SMILES string of the molecule is CC(CO)(C(=O)O)C1CCOCC1. The molecule has 1 atom stereocenters. The van der Waals surface area contributed by atoms with Crippen LogP contribution < -0.4 is 0 Å². The Labute approximate surface area is 77.5 Å². The number of aliphatic carboxylic acids is 1. The predicted octanol–water partition coefficient (Wildman–Crippen LogP) is 0.496. The van der Waals surface area contributed by atoms with E-state index in [0.717, 1.165) is 12.8 Å². The Balaban J connectivity index is 2.68. The van der Waals surface area contributed by atoms with E-state index in [0.29, 0.717) is 13.2 Å². The zero-order valence-electron chi connectivity index (χ0n) is 7.82. The Hall–Kier alpha value is -0.610. The van der Waals surface area contributed by atoms with Crippen molar-refractivity contribution in [1.29, 1.82) is 0 Å². The van der Waals surface area contributed by atoms with E-state index in [4.69, 9.17) is 14.9 Å². The third-order valence-corrected chi connectivity index (χ3v) is 2.94. The molecule has 1 rings (SSSR count). The van der Waals surface area contributed by atoms with Crippen molar-refractivity contribution in [3.05, 3.63) is 0 Å². The number of aliphatic hydroxyl groups is 1. The number of carboxylic acid groups (broad SMARTS) is 1. The molecule has 1 heterocycles. The van der Waals surface area contributed by atoms with Crippen LogP contribution in [0.5, 0.6) is 0 Å². The van der Waals surface area contributed by atoms with Crippen molar-refractivity contribution in [2.24, 2.45) is 11.3 Å². The van der Waals surface area contributed by atoms with Crippen LogP contribution in [-0.4, -0.2) is 36.0 Å². The third-order valence-electron chi connectivity index (χ3n) is 2.94. The molecule has 0 aromatic rings. The van der Waals surface area contributed by atoms with Crippen LogP contribution in [0.1, 0.15) is 19.8 Å². The van der Waals surface area contributed by atoms with Gasteiger partial charge in [-0.05, 0) is 25.7 Å². The highest BCUT2D eigenvalue weighted by molar-refractivity contribution is 5.74. The van der Waals surface area contributed by atoms with Gasteiger partial charge in [0.2, 0.25) is 0 Å². The molecule has 0 amide bonds. The monoisotopic (exact) mass is 188 g/mol. The zero-order chi connectivity index (χ0) is 9.90. The van der Waals surface area contributed by atoms with E-state index in [2.05, 4.69) is 0 Å². The van der Waals surface area contributed by atoms with Crippen LogP contribution in [0, 0.1) is 11.3 Å². The average Bonchev–Trinajstić information content (AvgIpc) is 2.17. The summed E-state index contributed by atoms with van der Waals surface area (Å²) in [6.07, 6.45) is 1.45. The highest BCUT2D eigenvalue weighted by atomic mass is 16.5. The first-order valence-electron chi connectivity index (χ1n) is 4.53. The minimum absolute atomic E-state index is 0.0312. The number of hydrogen-bond donors (Lipinski definition) is 2. The molecule has 76 valence electrons. The largest absolute Gasteiger partial charge is 0.481 e. The third kappa shape index (κ3) is 2.00. The van der Waals surface area contributed by atoms with Gasteiger partial charge in [0.1, 0.15) is 0 Å². The highest BCUT2D eigenvalue weighted by Crippen LogP contribution is 2.34. The molecule has 1 unspecified atom stereocenters. The molecule has 4 nitrogen and oxygen atoms in total. The molecular formula is C9H16O4. The average molecular weight is 188 g/mol. The molecule has 1 aliphatic heterocycles. The molecule has 1 saturated heterocycles. The van der Waals surface area contributed by atoms with Crippen LogP contribution >= 0.6 is 0 Å².